The van der Waals surface area contributed by atoms with Gasteiger partial charge in [-0.2, -0.15) is 0 Å². The van der Waals surface area contributed by atoms with Crippen LogP contribution in [0.4, 0.5) is 4.39 Å². The molecule has 0 aromatic heterocycles. The number of alkyl halides is 1. The molecule has 2 saturated heterocycles. The molecule has 2 rings (SSSR count). The number of rotatable bonds is 1. The van der Waals surface area contributed by atoms with Gasteiger partial charge in [0, 0.05) is 6.04 Å². The lowest BCUT2D eigenvalue weighted by Crippen LogP contribution is -2.61. The van der Waals surface area contributed by atoms with Crippen LogP contribution >= 0.6 is 0 Å². The molecule has 4 N–H and O–H groups in total. The van der Waals surface area contributed by atoms with Crippen LogP contribution < -0.4 is 5.32 Å². The van der Waals surface area contributed by atoms with Gasteiger partial charge in [-0.25, -0.2) is 4.39 Å². The highest BCUT2D eigenvalue weighted by atomic mass is 19.1. The van der Waals surface area contributed by atoms with E-state index in [1.165, 1.54) is 0 Å². The summed E-state index contributed by atoms with van der Waals surface area (Å²) in [5.74, 6) is 0. The highest BCUT2D eigenvalue weighted by Crippen LogP contribution is 2.37. The molecular weight excluding hydrogens is 177 g/mol. The molecule has 0 radical (unpaired) electrons. The first-order valence-corrected chi connectivity index (χ1v) is 4.50. The summed E-state index contributed by atoms with van der Waals surface area (Å²) in [6.07, 6.45) is -2.68. The van der Waals surface area contributed by atoms with Crippen molar-refractivity contribution in [3.05, 3.63) is 0 Å². The molecule has 13 heavy (non-hydrogen) atoms. The van der Waals surface area contributed by atoms with Crippen LogP contribution in [0.3, 0.4) is 0 Å². The molecule has 0 aromatic carbocycles. The molecule has 76 valence electrons. The summed E-state index contributed by atoms with van der Waals surface area (Å²) in [7, 11) is 0. The molecule has 0 saturated carbocycles. The molecule has 0 aromatic rings. The predicted molar refractivity (Wildman–Crippen MR) is 42.9 cm³/mol. The number of aliphatic hydroxyl groups is 3. The number of hydrogen-bond acceptors (Lipinski definition) is 4. The molecule has 4 nitrogen and oxygen atoms in total. The van der Waals surface area contributed by atoms with Crippen LogP contribution in [0.1, 0.15) is 12.8 Å². The number of fused-ring (bicyclic) bond motifs is 2. The van der Waals surface area contributed by atoms with Gasteiger partial charge in [0.05, 0.1) is 12.7 Å². The third-order valence-corrected chi connectivity index (χ3v) is 3.27. The zero-order chi connectivity index (χ0) is 9.64. The number of aliphatic hydroxyl groups excluding tert-OH is 3. The summed E-state index contributed by atoms with van der Waals surface area (Å²) in [4.78, 5) is 0. The molecule has 2 heterocycles. The van der Waals surface area contributed by atoms with E-state index in [0.717, 1.165) is 0 Å². The van der Waals surface area contributed by atoms with Crippen LogP contribution in [0.2, 0.25) is 0 Å². The van der Waals surface area contributed by atoms with Crippen molar-refractivity contribution in [2.24, 2.45) is 0 Å². The van der Waals surface area contributed by atoms with Crippen molar-refractivity contribution in [2.45, 2.75) is 42.8 Å². The summed E-state index contributed by atoms with van der Waals surface area (Å²) in [5, 5.41) is 30.9. The van der Waals surface area contributed by atoms with E-state index in [9.17, 15) is 14.6 Å². The number of halogens is 1. The molecule has 2 aliphatic rings. The van der Waals surface area contributed by atoms with Crippen LogP contribution in [-0.2, 0) is 0 Å². The smallest absolute Gasteiger partial charge is 0.123 e. The largest absolute Gasteiger partial charge is 0.394 e. The van der Waals surface area contributed by atoms with Gasteiger partial charge in [-0.05, 0) is 12.8 Å². The summed E-state index contributed by atoms with van der Waals surface area (Å²) in [6, 6.07) is -0.283. The first kappa shape index (κ1) is 9.33. The Balaban J connectivity index is 2.30. The summed E-state index contributed by atoms with van der Waals surface area (Å²) >= 11 is 0. The van der Waals surface area contributed by atoms with Crippen molar-refractivity contribution < 1.29 is 19.7 Å². The van der Waals surface area contributed by atoms with E-state index in [4.69, 9.17) is 5.11 Å². The van der Waals surface area contributed by atoms with E-state index in [1.807, 2.05) is 0 Å². The standard InChI is InChI=1S/C8H14FNO3/c9-5-2-1-4-6(12)7(13)8(5,3-11)10-4/h4-7,10-13H,1-3H2/t4-,5+,6-,7+,8+/m0/s1. The second kappa shape index (κ2) is 2.88. The van der Waals surface area contributed by atoms with Crippen molar-refractivity contribution in [3.63, 3.8) is 0 Å². The van der Waals surface area contributed by atoms with E-state index in [1.54, 1.807) is 0 Å². The zero-order valence-electron chi connectivity index (χ0n) is 7.15. The molecule has 5 heteroatoms. The Morgan fingerprint density at radius 2 is 2.08 bits per heavy atom. The molecule has 2 bridgehead atoms. The van der Waals surface area contributed by atoms with Crippen LogP contribution in [0.5, 0.6) is 0 Å². The summed E-state index contributed by atoms with van der Waals surface area (Å²) in [5.41, 5.74) is -1.33. The summed E-state index contributed by atoms with van der Waals surface area (Å²) in [6.45, 7) is -0.483. The average Bonchev–Trinajstić information content (AvgIpc) is 2.36. The van der Waals surface area contributed by atoms with Crippen molar-refractivity contribution in [2.75, 3.05) is 6.61 Å². The zero-order valence-corrected chi connectivity index (χ0v) is 7.15. The van der Waals surface area contributed by atoms with Crippen LogP contribution in [-0.4, -0.2) is 51.9 Å². The maximum Gasteiger partial charge on any atom is 0.123 e. The van der Waals surface area contributed by atoms with Gasteiger partial charge >= 0.3 is 0 Å². The maximum absolute atomic E-state index is 13.5. The lowest BCUT2D eigenvalue weighted by atomic mass is 9.87. The Hall–Kier alpha value is -0.230. The molecule has 2 fully saturated rings. The van der Waals surface area contributed by atoms with Crippen molar-refractivity contribution in [3.8, 4) is 0 Å². The lowest BCUT2D eigenvalue weighted by molar-refractivity contribution is -0.0387. The van der Waals surface area contributed by atoms with Gasteiger partial charge in [0.25, 0.3) is 0 Å². The highest BCUT2D eigenvalue weighted by molar-refractivity contribution is 5.16. The molecule has 0 spiro atoms. The maximum atomic E-state index is 13.5. The predicted octanol–water partition coefficient (Wildman–Crippen LogP) is -1.46. The molecule has 0 amide bonds. The number of nitrogens with one attached hydrogen (secondary N) is 1. The Labute approximate surface area is 75.4 Å². The lowest BCUT2D eigenvalue weighted by Gasteiger charge is -2.37. The Morgan fingerprint density at radius 3 is 2.62 bits per heavy atom. The first-order chi connectivity index (χ1) is 6.12. The van der Waals surface area contributed by atoms with Crippen molar-refractivity contribution in [1.29, 1.82) is 0 Å². The Morgan fingerprint density at radius 1 is 1.38 bits per heavy atom. The van der Waals surface area contributed by atoms with E-state index < -0.39 is 30.5 Å². The third-order valence-electron chi connectivity index (χ3n) is 3.27. The molecule has 0 aliphatic carbocycles. The normalized spacial score (nSPS) is 55.4. The van der Waals surface area contributed by atoms with Crippen molar-refractivity contribution >= 4 is 0 Å². The fourth-order valence-electron chi connectivity index (χ4n) is 2.38. The molecule has 0 unspecified atom stereocenters. The van der Waals surface area contributed by atoms with E-state index in [-0.39, 0.29) is 12.5 Å². The molecule has 5 atom stereocenters. The molecule has 2 aliphatic heterocycles. The van der Waals surface area contributed by atoms with Gasteiger partial charge in [-0.1, -0.05) is 0 Å². The van der Waals surface area contributed by atoms with E-state index >= 15 is 0 Å². The van der Waals surface area contributed by atoms with Crippen LogP contribution in [0.15, 0.2) is 0 Å². The fraction of sp³-hybridized carbons (Fsp3) is 1.00. The van der Waals surface area contributed by atoms with E-state index in [0.29, 0.717) is 6.42 Å². The van der Waals surface area contributed by atoms with Crippen LogP contribution in [0, 0.1) is 0 Å². The summed E-state index contributed by atoms with van der Waals surface area (Å²) < 4.78 is 13.5. The van der Waals surface area contributed by atoms with Gasteiger partial charge in [0.1, 0.15) is 17.8 Å². The first-order valence-electron chi connectivity index (χ1n) is 4.50. The topological polar surface area (TPSA) is 72.7 Å². The van der Waals surface area contributed by atoms with E-state index in [2.05, 4.69) is 5.32 Å². The number of piperidine rings is 1. The SMILES string of the molecule is OC[C@@]12N[C@@H](CC[C@H]1F)[C@H](O)[C@H]2O. The minimum Gasteiger partial charge on any atom is -0.394 e. The fourth-order valence-corrected chi connectivity index (χ4v) is 2.38. The van der Waals surface area contributed by atoms with Gasteiger partial charge in [0.2, 0.25) is 0 Å². The Kier molecular flexibility index (Phi) is 2.07. The van der Waals surface area contributed by atoms with Crippen molar-refractivity contribution in [1.82, 2.24) is 5.32 Å². The minimum atomic E-state index is -1.33. The monoisotopic (exact) mass is 191 g/mol. The van der Waals surface area contributed by atoms with Gasteiger partial charge in [-0.15, -0.1) is 0 Å². The third kappa shape index (κ3) is 1.05. The minimum absolute atomic E-state index is 0.283. The van der Waals surface area contributed by atoms with Gasteiger partial charge in [0.15, 0.2) is 0 Å². The quantitative estimate of drug-likeness (QED) is 0.409. The van der Waals surface area contributed by atoms with Crippen LogP contribution in [0.25, 0.3) is 0 Å². The van der Waals surface area contributed by atoms with Gasteiger partial charge in [-0.3, -0.25) is 5.32 Å². The van der Waals surface area contributed by atoms with Gasteiger partial charge < -0.3 is 15.3 Å². The Bertz CT molecular complexity index is 216. The highest BCUT2D eigenvalue weighted by Gasteiger charge is 2.59. The number of hydrogen-bond donors (Lipinski definition) is 4. The average molecular weight is 191 g/mol. The second-order valence-corrected chi connectivity index (χ2v) is 3.93. The molecular formula is C8H14FNO3. The second-order valence-electron chi connectivity index (χ2n) is 3.93.